The third-order valence-corrected chi connectivity index (χ3v) is 9.52. The Labute approximate surface area is 229 Å². The summed E-state index contributed by atoms with van der Waals surface area (Å²) in [7, 11) is -3.84. The van der Waals surface area contributed by atoms with Crippen molar-refractivity contribution in [2.45, 2.75) is 20.2 Å². The number of nitrogen functional groups attached to an aromatic ring is 1. The Hall–Kier alpha value is -3.68. The summed E-state index contributed by atoms with van der Waals surface area (Å²) in [4.78, 5) is 9.53. The van der Waals surface area contributed by atoms with Crippen LogP contribution in [0.2, 0.25) is 0 Å². The number of thiophene rings is 1. The van der Waals surface area contributed by atoms with Gasteiger partial charge in [-0.1, -0.05) is 54.6 Å². The number of hydrogen-bond acceptors (Lipinski definition) is 6. The Bertz CT molecular complexity index is 1620. The SMILES string of the molecule is CSc1sc(C(=N)N)cc1S(=O)(=O)c1cccc(-c2ccc(-c3ccccc3)c(F)c2)c1.O=C(O)C(F)(F)F. The van der Waals surface area contributed by atoms with E-state index in [1.807, 2.05) is 30.3 Å². The second-order valence-corrected chi connectivity index (χ2v) is 11.8. The van der Waals surface area contributed by atoms with Crippen molar-refractivity contribution >= 4 is 44.7 Å². The van der Waals surface area contributed by atoms with Crippen LogP contribution in [0.15, 0.2) is 92.9 Å². The van der Waals surface area contributed by atoms with Crippen LogP contribution in [0.3, 0.4) is 0 Å². The van der Waals surface area contributed by atoms with Crippen molar-refractivity contribution in [1.82, 2.24) is 0 Å². The van der Waals surface area contributed by atoms with E-state index in [9.17, 15) is 26.0 Å². The summed E-state index contributed by atoms with van der Waals surface area (Å²) in [6.07, 6.45) is -3.30. The van der Waals surface area contributed by atoms with Gasteiger partial charge in [0.2, 0.25) is 9.84 Å². The van der Waals surface area contributed by atoms with Crippen LogP contribution in [0.1, 0.15) is 4.88 Å². The number of carbonyl (C=O) groups is 1. The molecule has 4 N–H and O–H groups in total. The van der Waals surface area contributed by atoms with Crippen molar-refractivity contribution in [3.63, 3.8) is 0 Å². The van der Waals surface area contributed by atoms with Crippen LogP contribution in [0.5, 0.6) is 0 Å². The summed E-state index contributed by atoms with van der Waals surface area (Å²) in [6.45, 7) is 0. The second-order valence-electron chi connectivity index (χ2n) is 7.77. The van der Waals surface area contributed by atoms with Crippen LogP contribution in [0.4, 0.5) is 17.6 Å². The van der Waals surface area contributed by atoms with Gasteiger partial charge < -0.3 is 10.8 Å². The van der Waals surface area contributed by atoms with E-state index in [1.54, 1.807) is 36.6 Å². The third-order valence-electron chi connectivity index (χ3n) is 5.18. The summed E-state index contributed by atoms with van der Waals surface area (Å²) in [5.41, 5.74) is 7.99. The Morgan fingerprint density at radius 2 is 1.54 bits per heavy atom. The molecule has 6 nitrogen and oxygen atoms in total. The van der Waals surface area contributed by atoms with Crippen molar-refractivity contribution in [2.75, 3.05) is 6.26 Å². The number of thioether (sulfide) groups is 1. The first-order chi connectivity index (χ1) is 18.3. The first kappa shape index (κ1) is 29.9. The molecule has 0 saturated heterocycles. The molecule has 0 fully saturated rings. The van der Waals surface area contributed by atoms with E-state index in [0.717, 1.165) is 5.56 Å². The number of nitrogens with one attached hydrogen (secondary N) is 1. The highest BCUT2D eigenvalue weighted by Crippen LogP contribution is 2.38. The largest absolute Gasteiger partial charge is 0.490 e. The van der Waals surface area contributed by atoms with Gasteiger partial charge in [0, 0.05) is 5.56 Å². The highest BCUT2D eigenvalue weighted by atomic mass is 32.2. The molecule has 0 saturated carbocycles. The summed E-state index contributed by atoms with van der Waals surface area (Å²) in [5.74, 6) is -3.31. The fourth-order valence-electron chi connectivity index (χ4n) is 3.34. The number of alkyl halides is 3. The maximum absolute atomic E-state index is 14.8. The van der Waals surface area contributed by atoms with Crippen LogP contribution in [0.25, 0.3) is 22.3 Å². The summed E-state index contributed by atoms with van der Waals surface area (Å²) < 4.78 is 73.8. The smallest absolute Gasteiger partial charge is 0.475 e. The lowest BCUT2D eigenvalue weighted by Gasteiger charge is -2.09. The Morgan fingerprint density at radius 1 is 0.949 bits per heavy atom. The average Bonchev–Trinajstić information content (AvgIpc) is 3.35. The number of amidine groups is 1. The van der Waals surface area contributed by atoms with Gasteiger partial charge in [-0.3, -0.25) is 5.41 Å². The fourth-order valence-corrected chi connectivity index (χ4v) is 7.24. The van der Waals surface area contributed by atoms with Crippen molar-refractivity contribution in [1.29, 1.82) is 5.41 Å². The molecule has 1 heterocycles. The lowest BCUT2D eigenvalue weighted by Crippen LogP contribution is -2.21. The summed E-state index contributed by atoms with van der Waals surface area (Å²) in [5, 5.41) is 14.7. The van der Waals surface area contributed by atoms with Gasteiger partial charge >= 0.3 is 12.1 Å². The van der Waals surface area contributed by atoms with E-state index >= 15 is 0 Å². The molecule has 1 aromatic heterocycles. The zero-order valence-corrected chi connectivity index (χ0v) is 22.4. The molecule has 3 aromatic carbocycles. The van der Waals surface area contributed by atoms with Crippen molar-refractivity contribution < 1.29 is 35.9 Å². The number of carboxylic acid groups (broad SMARTS) is 1. The lowest BCUT2D eigenvalue weighted by molar-refractivity contribution is -0.192. The number of nitrogens with two attached hydrogens (primary N) is 1. The number of benzene rings is 3. The maximum Gasteiger partial charge on any atom is 0.490 e. The van der Waals surface area contributed by atoms with Gasteiger partial charge in [0.05, 0.1) is 18.9 Å². The molecule has 4 aromatic rings. The van der Waals surface area contributed by atoms with Crippen molar-refractivity contribution in [3.05, 3.63) is 89.6 Å². The normalized spacial score (nSPS) is 11.4. The molecular weight excluding hydrogens is 576 g/mol. The predicted octanol–water partition coefficient (Wildman–Crippen LogP) is 6.69. The molecule has 0 atom stereocenters. The van der Waals surface area contributed by atoms with Gasteiger partial charge in [-0.05, 0) is 47.2 Å². The van der Waals surface area contributed by atoms with E-state index in [0.29, 0.717) is 25.8 Å². The minimum absolute atomic E-state index is 0.103. The molecule has 204 valence electrons. The predicted molar refractivity (Wildman–Crippen MR) is 144 cm³/mol. The van der Waals surface area contributed by atoms with Crippen LogP contribution in [0, 0.1) is 11.2 Å². The number of hydrogen-bond donors (Lipinski definition) is 3. The molecule has 0 aliphatic rings. The standard InChI is InChI=1S/C24H19FN2O2S3.C2HF3O2/c1-30-24-22(14-21(31-24)23(26)27)32(28,29)18-9-5-8-16(12-18)17-10-11-19(20(25)13-17)15-6-3-2-4-7-15;3-2(4,5)1(6)7/h2-14H,1H3,(H3,26,27);(H,6,7). The van der Waals surface area contributed by atoms with Crippen molar-refractivity contribution in [3.8, 4) is 22.3 Å². The second kappa shape index (κ2) is 12.0. The fraction of sp³-hybridized carbons (Fsp3) is 0.0769. The van der Waals surface area contributed by atoms with E-state index in [2.05, 4.69) is 0 Å². The Balaban J connectivity index is 0.000000532. The number of aliphatic carboxylic acids is 1. The van der Waals surface area contributed by atoms with Crippen LogP contribution >= 0.6 is 23.1 Å². The molecule has 0 aliphatic heterocycles. The molecule has 4 rings (SSSR count). The molecule has 0 radical (unpaired) electrons. The van der Waals surface area contributed by atoms with Gasteiger partial charge in [-0.2, -0.15) is 13.2 Å². The van der Waals surface area contributed by atoms with Gasteiger partial charge in [0.15, 0.2) is 0 Å². The molecule has 0 aliphatic carbocycles. The minimum Gasteiger partial charge on any atom is -0.475 e. The number of halogens is 4. The van der Waals surface area contributed by atoms with Gasteiger partial charge in [0.1, 0.15) is 11.7 Å². The van der Waals surface area contributed by atoms with Crippen LogP contribution < -0.4 is 5.73 Å². The molecule has 0 spiro atoms. The zero-order chi connectivity index (χ0) is 29.0. The third kappa shape index (κ3) is 7.05. The monoisotopic (exact) mass is 596 g/mol. The molecular formula is C26H20F4N2O4S3. The molecule has 0 unspecified atom stereocenters. The van der Waals surface area contributed by atoms with Crippen molar-refractivity contribution in [2.24, 2.45) is 5.73 Å². The Kier molecular flexibility index (Phi) is 9.20. The first-order valence-electron chi connectivity index (χ1n) is 10.8. The average molecular weight is 597 g/mol. The number of rotatable bonds is 6. The zero-order valence-electron chi connectivity index (χ0n) is 20.0. The van der Waals surface area contributed by atoms with Gasteiger partial charge in [-0.25, -0.2) is 17.6 Å². The van der Waals surface area contributed by atoms with Crippen LogP contribution in [-0.4, -0.2) is 37.8 Å². The van der Waals surface area contributed by atoms with E-state index in [1.165, 1.54) is 41.3 Å². The van der Waals surface area contributed by atoms with E-state index < -0.39 is 22.0 Å². The van der Waals surface area contributed by atoms with Gasteiger partial charge in [0.25, 0.3) is 0 Å². The number of sulfone groups is 1. The van der Waals surface area contributed by atoms with E-state index in [-0.39, 0.29) is 21.4 Å². The first-order valence-corrected chi connectivity index (χ1v) is 14.3. The summed E-state index contributed by atoms with van der Waals surface area (Å²) in [6, 6.07) is 22.0. The van der Waals surface area contributed by atoms with Gasteiger partial charge in [-0.15, -0.1) is 23.1 Å². The van der Waals surface area contributed by atoms with E-state index in [4.69, 9.17) is 21.0 Å². The molecule has 39 heavy (non-hydrogen) atoms. The molecule has 13 heteroatoms. The molecule has 0 bridgehead atoms. The summed E-state index contributed by atoms with van der Waals surface area (Å²) >= 11 is 2.47. The quantitative estimate of drug-likeness (QED) is 0.0987. The Morgan fingerprint density at radius 3 is 2.08 bits per heavy atom. The topological polar surface area (TPSA) is 121 Å². The lowest BCUT2D eigenvalue weighted by atomic mass is 10.00. The highest BCUT2D eigenvalue weighted by molar-refractivity contribution is 8.01. The minimum atomic E-state index is -5.08. The maximum atomic E-state index is 14.8. The van der Waals surface area contributed by atoms with Crippen LogP contribution in [-0.2, 0) is 14.6 Å². The number of carboxylic acids is 1. The molecule has 0 amide bonds. The highest BCUT2D eigenvalue weighted by Gasteiger charge is 2.38.